The molecule has 102 valence electrons. The lowest BCUT2D eigenvalue weighted by atomic mass is 10.0. The Labute approximate surface area is 107 Å². The van der Waals surface area contributed by atoms with Gasteiger partial charge in [0.1, 0.15) is 12.7 Å². The molecule has 1 heterocycles. The zero-order valence-electron chi connectivity index (χ0n) is 11.0. The molecule has 0 aliphatic rings. The Hall–Kier alpha value is -1.43. The Morgan fingerprint density at radius 3 is 2.89 bits per heavy atom. The number of nitrogens with zero attached hydrogens (tertiary/aromatic N) is 3. The zero-order valence-corrected chi connectivity index (χ0v) is 11.0. The molecule has 1 unspecified atom stereocenters. The fourth-order valence-electron chi connectivity index (χ4n) is 1.53. The van der Waals surface area contributed by atoms with E-state index in [1.807, 2.05) is 13.8 Å². The van der Waals surface area contributed by atoms with Crippen molar-refractivity contribution >= 4 is 5.91 Å². The fourth-order valence-corrected chi connectivity index (χ4v) is 1.53. The van der Waals surface area contributed by atoms with E-state index in [0.717, 1.165) is 6.42 Å². The topological polar surface area (TPSA) is 80.0 Å². The average molecular weight is 254 g/mol. The molecule has 1 rings (SSSR count). The molecule has 1 aromatic rings. The third-order valence-corrected chi connectivity index (χ3v) is 2.79. The predicted molar refractivity (Wildman–Crippen MR) is 67.7 cm³/mol. The highest BCUT2D eigenvalue weighted by molar-refractivity contribution is 5.75. The Morgan fingerprint density at radius 1 is 1.50 bits per heavy atom. The van der Waals surface area contributed by atoms with E-state index in [-0.39, 0.29) is 17.9 Å². The van der Waals surface area contributed by atoms with Crippen LogP contribution in [0.2, 0.25) is 0 Å². The first-order valence-electron chi connectivity index (χ1n) is 6.36. The van der Waals surface area contributed by atoms with Crippen LogP contribution in [0.3, 0.4) is 0 Å². The lowest BCUT2D eigenvalue weighted by Gasteiger charge is -2.14. The van der Waals surface area contributed by atoms with Crippen molar-refractivity contribution in [3.63, 3.8) is 0 Å². The molecule has 18 heavy (non-hydrogen) atoms. The first-order valence-corrected chi connectivity index (χ1v) is 6.36. The van der Waals surface area contributed by atoms with E-state index in [0.29, 0.717) is 25.9 Å². The quantitative estimate of drug-likeness (QED) is 0.711. The summed E-state index contributed by atoms with van der Waals surface area (Å²) in [5, 5.41) is 16.3. The number of aryl methyl sites for hydroxylation is 1. The van der Waals surface area contributed by atoms with Crippen LogP contribution < -0.4 is 5.32 Å². The number of aromatic nitrogens is 3. The molecular weight excluding hydrogens is 232 g/mol. The highest BCUT2D eigenvalue weighted by Crippen LogP contribution is 2.04. The average Bonchev–Trinajstić information content (AvgIpc) is 2.81. The number of carbonyl (C=O) groups is 1. The van der Waals surface area contributed by atoms with Gasteiger partial charge < -0.3 is 10.4 Å². The van der Waals surface area contributed by atoms with E-state index < -0.39 is 0 Å². The number of nitrogens with one attached hydrogen (secondary N) is 1. The highest BCUT2D eigenvalue weighted by Gasteiger charge is 2.09. The number of aliphatic hydroxyl groups excluding tert-OH is 1. The summed E-state index contributed by atoms with van der Waals surface area (Å²) in [6.45, 7) is 5.15. The second kappa shape index (κ2) is 7.81. The molecule has 6 heteroatoms. The van der Waals surface area contributed by atoms with Gasteiger partial charge in [-0.05, 0) is 18.8 Å². The molecule has 0 radical (unpaired) electrons. The molecule has 0 saturated heterocycles. The summed E-state index contributed by atoms with van der Waals surface area (Å²) in [4.78, 5) is 15.3. The number of aliphatic hydroxyl groups is 1. The van der Waals surface area contributed by atoms with Crippen molar-refractivity contribution in [1.29, 1.82) is 0 Å². The van der Waals surface area contributed by atoms with E-state index in [2.05, 4.69) is 15.4 Å². The SMILES string of the molecule is CC(C)C(O)CCNC(=O)CCCn1cncn1. The molecule has 2 N–H and O–H groups in total. The number of rotatable bonds is 8. The van der Waals surface area contributed by atoms with Gasteiger partial charge in [0.05, 0.1) is 6.10 Å². The normalized spacial score (nSPS) is 12.7. The summed E-state index contributed by atoms with van der Waals surface area (Å²) in [7, 11) is 0. The van der Waals surface area contributed by atoms with Gasteiger partial charge in [0.2, 0.25) is 5.91 Å². The second-order valence-corrected chi connectivity index (χ2v) is 4.71. The van der Waals surface area contributed by atoms with Crippen molar-refractivity contribution in [2.24, 2.45) is 5.92 Å². The van der Waals surface area contributed by atoms with Crippen LogP contribution in [0.5, 0.6) is 0 Å². The largest absolute Gasteiger partial charge is 0.393 e. The van der Waals surface area contributed by atoms with Crippen molar-refractivity contribution in [2.75, 3.05) is 6.54 Å². The summed E-state index contributed by atoms with van der Waals surface area (Å²) in [5.41, 5.74) is 0. The van der Waals surface area contributed by atoms with Crippen molar-refractivity contribution in [3.8, 4) is 0 Å². The van der Waals surface area contributed by atoms with E-state index in [1.165, 1.54) is 6.33 Å². The molecule has 0 spiro atoms. The zero-order chi connectivity index (χ0) is 13.4. The molecule has 1 atom stereocenters. The fraction of sp³-hybridized carbons (Fsp3) is 0.750. The van der Waals surface area contributed by atoms with Crippen LogP contribution in [0.4, 0.5) is 0 Å². The van der Waals surface area contributed by atoms with Gasteiger partial charge in [-0.15, -0.1) is 0 Å². The van der Waals surface area contributed by atoms with Gasteiger partial charge in [0.15, 0.2) is 0 Å². The molecule has 0 saturated carbocycles. The molecule has 0 aliphatic heterocycles. The second-order valence-electron chi connectivity index (χ2n) is 4.71. The smallest absolute Gasteiger partial charge is 0.220 e. The number of hydrogen-bond donors (Lipinski definition) is 2. The van der Waals surface area contributed by atoms with Gasteiger partial charge in [-0.3, -0.25) is 9.48 Å². The van der Waals surface area contributed by atoms with Crippen molar-refractivity contribution in [3.05, 3.63) is 12.7 Å². The van der Waals surface area contributed by atoms with E-state index in [9.17, 15) is 9.90 Å². The Morgan fingerprint density at radius 2 is 2.28 bits per heavy atom. The Bertz CT molecular complexity index is 338. The van der Waals surface area contributed by atoms with Crippen molar-refractivity contribution in [2.45, 2.75) is 45.8 Å². The molecule has 6 nitrogen and oxygen atoms in total. The predicted octanol–water partition coefficient (Wildman–Crippen LogP) is 0.581. The van der Waals surface area contributed by atoms with Crippen LogP contribution >= 0.6 is 0 Å². The van der Waals surface area contributed by atoms with Crippen LogP contribution in [-0.2, 0) is 11.3 Å². The summed E-state index contributed by atoms with van der Waals surface area (Å²) in [6.07, 6.45) is 4.58. The van der Waals surface area contributed by atoms with Crippen molar-refractivity contribution in [1.82, 2.24) is 20.1 Å². The molecule has 1 aromatic heterocycles. The highest BCUT2D eigenvalue weighted by atomic mass is 16.3. The van der Waals surface area contributed by atoms with Gasteiger partial charge in [0.25, 0.3) is 0 Å². The summed E-state index contributed by atoms with van der Waals surface area (Å²) < 4.78 is 1.70. The summed E-state index contributed by atoms with van der Waals surface area (Å²) >= 11 is 0. The lowest BCUT2D eigenvalue weighted by molar-refractivity contribution is -0.121. The van der Waals surface area contributed by atoms with Crippen LogP contribution in [0.1, 0.15) is 33.1 Å². The van der Waals surface area contributed by atoms with Crippen molar-refractivity contribution < 1.29 is 9.90 Å². The van der Waals surface area contributed by atoms with Gasteiger partial charge in [-0.2, -0.15) is 5.10 Å². The van der Waals surface area contributed by atoms with E-state index >= 15 is 0 Å². The summed E-state index contributed by atoms with van der Waals surface area (Å²) in [6, 6.07) is 0. The Kier molecular flexibility index (Phi) is 6.35. The minimum absolute atomic E-state index is 0.0195. The third-order valence-electron chi connectivity index (χ3n) is 2.79. The molecule has 0 aromatic carbocycles. The monoisotopic (exact) mass is 254 g/mol. The molecule has 0 fully saturated rings. The summed E-state index contributed by atoms with van der Waals surface area (Å²) in [5.74, 6) is 0.250. The van der Waals surface area contributed by atoms with E-state index in [4.69, 9.17) is 0 Å². The maximum Gasteiger partial charge on any atom is 0.220 e. The standard InChI is InChI=1S/C12H22N4O2/c1-10(2)11(17)5-6-14-12(18)4-3-7-16-9-13-8-15-16/h8-11,17H,3-7H2,1-2H3,(H,14,18). The molecule has 1 amide bonds. The number of carbonyl (C=O) groups excluding carboxylic acids is 1. The maximum absolute atomic E-state index is 11.5. The minimum Gasteiger partial charge on any atom is -0.393 e. The molecular formula is C12H22N4O2. The number of amides is 1. The maximum atomic E-state index is 11.5. The first-order chi connectivity index (χ1) is 8.59. The lowest BCUT2D eigenvalue weighted by Crippen LogP contribution is -2.28. The van der Waals surface area contributed by atoms with Gasteiger partial charge in [0, 0.05) is 19.5 Å². The van der Waals surface area contributed by atoms with Crippen LogP contribution in [-0.4, -0.2) is 38.4 Å². The number of hydrogen-bond acceptors (Lipinski definition) is 4. The van der Waals surface area contributed by atoms with Crippen LogP contribution in [0.15, 0.2) is 12.7 Å². The van der Waals surface area contributed by atoms with E-state index in [1.54, 1.807) is 11.0 Å². The Balaban J connectivity index is 2.04. The molecule has 0 bridgehead atoms. The van der Waals surface area contributed by atoms with Gasteiger partial charge >= 0.3 is 0 Å². The first kappa shape index (κ1) is 14.6. The van der Waals surface area contributed by atoms with Gasteiger partial charge in [-0.1, -0.05) is 13.8 Å². The molecule has 0 aliphatic carbocycles. The van der Waals surface area contributed by atoms with Crippen LogP contribution in [0.25, 0.3) is 0 Å². The third kappa shape index (κ3) is 5.77. The minimum atomic E-state index is -0.347. The van der Waals surface area contributed by atoms with Gasteiger partial charge in [-0.25, -0.2) is 4.98 Å². The van der Waals surface area contributed by atoms with Crippen LogP contribution in [0, 0.1) is 5.92 Å².